The van der Waals surface area contributed by atoms with Crippen molar-refractivity contribution in [2.75, 3.05) is 18.9 Å². The van der Waals surface area contributed by atoms with Crippen molar-refractivity contribution in [3.05, 3.63) is 54.1 Å². The highest BCUT2D eigenvalue weighted by atomic mass is 32.2. The first-order valence-corrected chi connectivity index (χ1v) is 9.96. The second-order valence-electron chi connectivity index (χ2n) is 6.93. The van der Waals surface area contributed by atoms with Gasteiger partial charge in [-0.15, -0.1) is 0 Å². The Morgan fingerprint density at radius 2 is 1.58 bits per heavy atom. The number of benzene rings is 2. The molecule has 2 aromatic rings. The maximum atomic E-state index is 3.17. The SMILES string of the molecule is CNc1ccc(Sc2ccc(C3CCC4CCCCN43)cc2)cc1. The minimum Gasteiger partial charge on any atom is -0.388 e. The Balaban J connectivity index is 1.44. The van der Waals surface area contributed by atoms with Crippen LogP contribution in [0.3, 0.4) is 0 Å². The Kier molecular flexibility index (Phi) is 4.81. The molecular formula is C21H26N2S. The predicted octanol–water partition coefficient (Wildman–Crippen LogP) is 5.57. The predicted molar refractivity (Wildman–Crippen MR) is 103 cm³/mol. The van der Waals surface area contributed by atoms with E-state index in [2.05, 4.69) is 58.7 Å². The average molecular weight is 339 g/mol. The number of nitrogens with one attached hydrogen (secondary N) is 1. The maximum Gasteiger partial charge on any atom is 0.0351 e. The highest BCUT2D eigenvalue weighted by molar-refractivity contribution is 7.99. The first kappa shape index (κ1) is 16.0. The van der Waals surface area contributed by atoms with E-state index in [1.165, 1.54) is 54.0 Å². The zero-order chi connectivity index (χ0) is 16.4. The van der Waals surface area contributed by atoms with Gasteiger partial charge in [-0.05, 0) is 74.2 Å². The van der Waals surface area contributed by atoms with Crippen molar-refractivity contribution in [3.8, 4) is 0 Å². The molecule has 2 heterocycles. The third-order valence-corrected chi connectivity index (χ3v) is 6.51. The van der Waals surface area contributed by atoms with Crippen molar-refractivity contribution in [2.45, 2.75) is 54.0 Å². The van der Waals surface area contributed by atoms with E-state index >= 15 is 0 Å². The Hall–Kier alpha value is -1.45. The van der Waals surface area contributed by atoms with Gasteiger partial charge in [-0.1, -0.05) is 30.3 Å². The molecule has 0 aromatic heterocycles. The third-order valence-electron chi connectivity index (χ3n) is 5.49. The standard InChI is InChI=1S/C21H26N2S/c1-22-17-7-12-20(13-8-17)24-19-10-5-16(6-11-19)21-14-9-18-4-2-3-15-23(18)21/h5-8,10-13,18,21-22H,2-4,9,14-15H2,1H3. The quantitative estimate of drug-likeness (QED) is 0.784. The van der Waals surface area contributed by atoms with E-state index in [9.17, 15) is 0 Å². The van der Waals surface area contributed by atoms with Crippen molar-refractivity contribution >= 4 is 17.4 Å². The molecule has 0 aliphatic carbocycles. The minimum atomic E-state index is 0.657. The van der Waals surface area contributed by atoms with Crippen LogP contribution in [0.25, 0.3) is 0 Å². The zero-order valence-corrected chi connectivity index (χ0v) is 15.2. The normalized spacial score (nSPS) is 23.9. The van der Waals surface area contributed by atoms with Gasteiger partial charge in [0.25, 0.3) is 0 Å². The summed E-state index contributed by atoms with van der Waals surface area (Å²) >= 11 is 1.84. The lowest BCUT2D eigenvalue weighted by molar-refractivity contribution is 0.150. The Morgan fingerprint density at radius 1 is 0.875 bits per heavy atom. The molecule has 0 spiro atoms. The average Bonchev–Trinajstić information content (AvgIpc) is 3.07. The van der Waals surface area contributed by atoms with Gasteiger partial charge in [-0.2, -0.15) is 0 Å². The fourth-order valence-corrected chi connectivity index (χ4v) is 5.02. The van der Waals surface area contributed by atoms with E-state index in [4.69, 9.17) is 0 Å². The molecule has 3 heteroatoms. The topological polar surface area (TPSA) is 15.3 Å². The highest BCUT2D eigenvalue weighted by Crippen LogP contribution is 2.40. The molecule has 0 bridgehead atoms. The molecule has 0 radical (unpaired) electrons. The van der Waals surface area contributed by atoms with Crippen LogP contribution in [0.5, 0.6) is 0 Å². The highest BCUT2D eigenvalue weighted by Gasteiger charge is 2.35. The molecule has 2 aromatic carbocycles. The van der Waals surface area contributed by atoms with E-state index in [1.807, 2.05) is 18.8 Å². The van der Waals surface area contributed by atoms with Gasteiger partial charge in [0.15, 0.2) is 0 Å². The molecular weight excluding hydrogens is 312 g/mol. The molecule has 1 N–H and O–H groups in total. The van der Waals surface area contributed by atoms with Crippen LogP contribution in [0.15, 0.2) is 58.3 Å². The number of rotatable bonds is 4. The first-order valence-electron chi connectivity index (χ1n) is 9.15. The van der Waals surface area contributed by atoms with Crippen molar-refractivity contribution in [2.24, 2.45) is 0 Å². The van der Waals surface area contributed by atoms with Crippen LogP contribution in [-0.2, 0) is 0 Å². The van der Waals surface area contributed by atoms with Crippen LogP contribution >= 0.6 is 11.8 Å². The summed E-state index contributed by atoms with van der Waals surface area (Å²) in [5.74, 6) is 0. The van der Waals surface area contributed by atoms with Crippen molar-refractivity contribution in [1.29, 1.82) is 0 Å². The summed E-state index contributed by atoms with van der Waals surface area (Å²) in [6.45, 7) is 1.30. The summed E-state index contributed by atoms with van der Waals surface area (Å²) in [7, 11) is 1.96. The van der Waals surface area contributed by atoms with E-state index in [0.29, 0.717) is 6.04 Å². The monoisotopic (exact) mass is 338 g/mol. The Morgan fingerprint density at radius 3 is 2.29 bits per heavy atom. The van der Waals surface area contributed by atoms with Gasteiger partial charge >= 0.3 is 0 Å². The number of piperidine rings is 1. The van der Waals surface area contributed by atoms with E-state index in [1.54, 1.807) is 0 Å². The molecule has 2 saturated heterocycles. The van der Waals surface area contributed by atoms with Crippen LogP contribution < -0.4 is 5.32 Å². The number of hydrogen-bond donors (Lipinski definition) is 1. The van der Waals surface area contributed by atoms with Gasteiger partial charge in [0.2, 0.25) is 0 Å². The number of fused-ring (bicyclic) bond motifs is 1. The van der Waals surface area contributed by atoms with Crippen molar-refractivity contribution < 1.29 is 0 Å². The molecule has 2 aliphatic rings. The van der Waals surface area contributed by atoms with Crippen LogP contribution in [0, 0.1) is 0 Å². The smallest absolute Gasteiger partial charge is 0.0351 e. The minimum absolute atomic E-state index is 0.657. The second-order valence-corrected chi connectivity index (χ2v) is 8.07. The number of hydrogen-bond acceptors (Lipinski definition) is 3. The first-order chi connectivity index (χ1) is 11.8. The summed E-state index contributed by atoms with van der Waals surface area (Å²) in [5.41, 5.74) is 2.67. The van der Waals surface area contributed by atoms with Gasteiger partial charge in [-0.25, -0.2) is 0 Å². The number of nitrogens with zero attached hydrogens (tertiary/aromatic N) is 1. The number of anilines is 1. The molecule has 24 heavy (non-hydrogen) atoms. The fraction of sp³-hybridized carbons (Fsp3) is 0.429. The molecule has 4 rings (SSSR count). The molecule has 0 saturated carbocycles. The van der Waals surface area contributed by atoms with Gasteiger partial charge < -0.3 is 5.32 Å². The molecule has 126 valence electrons. The summed E-state index contributed by atoms with van der Waals surface area (Å²) in [6, 6.07) is 19.4. The summed E-state index contributed by atoms with van der Waals surface area (Å²) in [5, 5.41) is 3.17. The van der Waals surface area contributed by atoms with Crippen LogP contribution in [0.1, 0.15) is 43.7 Å². The van der Waals surface area contributed by atoms with Crippen molar-refractivity contribution in [1.82, 2.24) is 4.90 Å². The summed E-state index contributed by atoms with van der Waals surface area (Å²) in [6.07, 6.45) is 6.94. The van der Waals surface area contributed by atoms with Gasteiger partial charge in [0, 0.05) is 34.6 Å². The maximum absolute atomic E-state index is 3.17. The second kappa shape index (κ2) is 7.20. The van der Waals surface area contributed by atoms with Gasteiger partial charge in [-0.3, -0.25) is 4.90 Å². The molecule has 2 nitrogen and oxygen atoms in total. The fourth-order valence-electron chi connectivity index (χ4n) is 4.20. The van der Waals surface area contributed by atoms with E-state index in [-0.39, 0.29) is 0 Å². The molecule has 0 amide bonds. The van der Waals surface area contributed by atoms with Crippen LogP contribution in [0.4, 0.5) is 5.69 Å². The zero-order valence-electron chi connectivity index (χ0n) is 14.4. The Bertz CT molecular complexity index is 665. The van der Waals surface area contributed by atoms with E-state index in [0.717, 1.165) is 11.7 Å². The molecule has 2 fully saturated rings. The third kappa shape index (κ3) is 3.33. The van der Waals surface area contributed by atoms with Gasteiger partial charge in [0.05, 0.1) is 0 Å². The summed E-state index contributed by atoms with van der Waals surface area (Å²) in [4.78, 5) is 5.38. The lowest BCUT2D eigenvalue weighted by Gasteiger charge is -2.34. The largest absolute Gasteiger partial charge is 0.388 e. The van der Waals surface area contributed by atoms with E-state index < -0.39 is 0 Å². The van der Waals surface area contributed by atoms with Gasteiger partial charge in [0.1, 0.15) is 0 Å². The molecule has 2 aliphatic heterocycles. The Labute approximate surface area is 149 Å². The molecule has 2 unspecified atom stereocenters. The van der Waals surface area contributed by atoms with Crippen LogP contribution in [0.2, 0.25) is 0 Å². The molecule has 2 atom stereocenters. The lowest BCUT2D eigenvalue weighted by Crippen LogP contribution is -2.35. The van der Waals surface area contributed by atoms with Crippen molar-refractivity contribution in [3.63, 3.8) is 0 Å². The lowest BCUT2D eigenvalue weighted by atomic mass is 10.0. The van der Waals surface area contributed by atoms with Crippen LogP contribution in [-0.4, -0.2) is 24.5 Å². The summed E-state index contributed by atoms with van der Waals surface area (Å²) < 4.78 is 0.